The SMILES string of the molecule is NCC[C@@H]1CCCN1c1nccc(-c2ccc3ccccc3c2)n1.NCC[C@@H]1CCCN1c1nccc(-c2ccc3ccccc3c2)n1. The Labute approximate surface area is 282 Å². The molecule has 0 spiro atoms. The van der Waals surface area contributed by atoms with Crippen LogP contribution in [0.15, 0.2) is 109 Å². The van der Waals surface area contributed by atoms with Gasteiger partial charge in [0.25, 0.3) is 0 Å². The first-order valence-corrected chi connectivity index (χ1v) is 17.3. The number of aromatic nitrogens is 4. The lowest BCUT2D eigenvalue weighted by Gasteiger charge is -2.24. The summed E-state index contributed by atoms with van der Waals surface area (Å²) in [6.07, 6.45) is 10.5. The summed E-state index contributed by atoms with van der Waals surface area (Å²) in [7, 11) is 0. The third-order valence-corrected chi connectivity index (χ3v) is 9.64. The molecule has 0 unspecified atom stereocenters. The average molecular weight is 637 g/mol. The van der Waals surface area contributed by atoms with Gasteiger partial charge in [-0.3, -0.25) is 0 Å². The second-order valence-corrected chi connectivity index (χ2v) is 12.7. The fraction of sp³-hybridized carbons (Fsp3) is 0.300. The number of nitrogens with zero attached hydrogens (tertiary/aromatic N) is 6. The van der Waals surface area contributed by atoms with Gasteiger partial charge in [0.1, 0.15) is 0 Å². The zero-order valence-corrected chi connectivity index (χ0v) is 27.5. The topological polar surface area (TPSA) is 110 Å². The van der Waals surface area contributed by atoms with Crippen LogP contribution in [-0.2, 0) is 0 Å². The monoisotopic (exact) mass is 636 g/mol. The van der Waals surface area contributed by atoms with Crippen LogP contribution in [0, 0.1) is 0 Å². The van der Waals surface area contributed by atoms with Gasteiger partial charge in [-0.1, -0.05) is 72.8 Å². The van der Waals surface area contributed by atoms with Crippen LogP contribution < -0.4 is 21.3 Å². The summed E-state index contributed by atoms with van der Waals surface area (Å²) in [5.41, 5.74) is 15.7. The number of anilines is 2. The van der Waals surface area contributed by atoms with E-state index in [0.29, 0.717) is 25.2 Å². The zero-order chi connectivity index (χ0) is 32.7. The largest absolute Gasteiger partial charge is 0.338 e. The maximum absolute atomic E-state index is 5.75. The average Bonchev–Trinajstić information content (AvgIpc) is 3.82. The van der Waals surface area contributed by atoms with Gasteiger partial charge in [-0.15, -0.1) is 0 Å². The van der Waals surface area contributed by atoms with Gasteiger partial charge in [0.05, 0.1) is 11.4 Å². The smallest absolute Gasteiger partial charge is 0.226 e. The molecule has 8 rings (SSSR count). The number of rotatable bonds is 8. The highest BCUT2D eigenvalue weighted by atomic mass is 15.3. The minimum Gasteiger partial charge on any atom is -0.338 e. The minimum absolute atomic E-state index is 0.474. The summed E-state index contributed by atoms with van der Waals surface area (Å²) in [4.78, 5) is 23.3. The summed E-state index contributed by atoms with van der Waals surface area (Å²) in [5, 5.41) is 4.96. The van der Waals surface area contributed by atoms with Crippen LogP contribution in [0.1, 0.15) is 38.5 Å². The van der Waals surface area contributed by atoms with Crippen molar-refractivity contribution in [3.05, 3.63) is 109 Å². The number of hydrogen-bond donors (Lipinski definition) is 2. The lowest BCUT2D eigenvalue weighted by Crippen LogP contribution is -2.32. The Hall–Kier alpha value is -4.92. The molecule has 0 radical (unpaired) electrons. The van der Waals surface area contributed by atoms with E-state index in [1.165, 1.54) is 47.2 Å². The highest BCUT2D eigenvalue weighted by molar-refractivity contribution is 5.87. The molecular weight excluding hydrogens is 592 g/mol. The van der Waals surface area contributed by atoms with Crippen molar-refractivity contribution < 1.29 is 0 Å². The zero-order valence-electron chi connectivity index (χ0n) is 27.5. The first kappa shape index (κ1) is 31.7. The highest BCUT2D eigenvalue weighted by Crippen LogP contribution is 2.29. The maximum atomic E-state index is 5.75. The van der Waals surface area contributed by atoms with E-state index < -0.39 is 0 Å². The fourth-order valence-corrected chi connectivity index (χ4v) is 7.18. The van der Waals surface area contributed by atoms with Crippen molar-refractivity contribution in [2.75, 3.05) is 36.0 Å². The van der Waals surface area contributed by atoms with Crippen molar-refractivity contribution in [1.82, 2.24) is 19.9 Å². The van der Waals surface area contributed by atoms with Crippen molar-refractivity contribution in [3.63, 3.8) is 0 Å². The fourth-order valence-electron chi connectivity index (χ4n) is 7.18. The standard InChI is InChI=1S/2C20H22N4/c2*21-11-9-18-6-3-13-24(18)20-22-12-10-19(23-20)17-8-7-15-4-1-2-5-16(15)14-17/h2*1-2,4-5,7-8,10,12,14,18H,3,6,9,11,13,21H2/t2*18-/m00/s1. The molecular formula is C40H44N8. The number of nitrogens with two attached hydrogens (primary N) is 2. The van der Waals surface area contributed by atoms with E-state index in [0.717, 1.165) is 60.3 Å². The van der Waals surface area contributed by atoms with Gasteiger partial charge in [-0.2, -0.15) is 0 Å². The molecule has 4 N–H and O–H groups in total. The number of benzene rings is 4. The van der Waals surface area contributed by atoms with Gasteiger partial charge in [-0.25, -0.2) is 19.9 Å². The summed E-state index contributed by atoms with van der Waals surface area (Å²) in [6, 6.07) is 34.7. The molecule has 8 heteroatoms. The second kappa shape index (κ2) is 14.9. The van der Waals surface area contributed by atoms with Crippen molar-refractivity contribution >= 4 is 33.4 Å². The van der Waals surface area contributed by atoms with Crippen LogP contribution in [-0.4, -0.2) is 58.2 Å². The molecule has 8 nitrogen and oxygen atoms in total. The summed E-state index contributed by atoms with van der Waals surface area (Å²) >= 11 is 0. The van der Waals surface area contributed by atoms with Crippen molar-refractivity contribution in [2.45, 2.75) is 50.6 Å². The molecule has 4 heterocycles. The van der Waals surface area contributed by atoms with Gasteiger partial charge in [0.2, 0.25) is 11.9 Å². The molecule has 4 aromatic carbocycles. The first-order chi connectivity index (χ1) is 23.7. The summed E-state index contributed by atoms with van der Waals surface area (Å²) in [5.74, 6) is 1.66. The van der Waals surface area contributed by atoms with E-state index in [1.54, 1.807) is 0 Å². The Morgan fingerprint density at radius 3 is 1.42 bits per heavy atom. The molecule has 2 saturated heterocycles. The van der Waals surface area contributed by atoms with E-state index in [1.807, 2.05) is 24.5 Å². The van der Waals surface area contributed by atoms with Crippen LogP contribution in [0.3, 0.4) is 0 Å². The normalized spacial score (nSPS) is 17.5. The minimum atomic E-state index is 0.474. The third-order valence-electron chi connectivity index (χ3n) is 9.64. The molecule has 2 atom stereocenters. The van der Waals surface area contributed by atoms with Gasteiger partial charge >= 0.3 is 0 Å². The number of hydrogen-bond acceptors (Lipinski definition) is 8. The molecule has 6 aromatic rings. The molecule has 2 aliphatic heterocycles. The summed E-state index contributed by atoms with van der Waals surface area (Å²) < 4.78 is 0. The molecule has 2 aromatic heterocycles. The van der Waals surface area contributed by atoms with Gasteiger partial charge in [-0.05, 0) is 97.4 Å². The molecule has 244 valence electrons. The molecule has 0 aliphatic carbocycles. The van der Waals surface area contributed by atoms with Crippen molar-refractivity contribution in [3.8, 4) is 22.5 Å². The van der Waals surface area contributed by atoms with Crippen LogP contribution in [0.4, 0.5) is 11.9 Å². The van der Waals surface area contributed by atoms with Crippen LogP contribution in [0.5, 0.6) is 0 Å². The molecule has 0 saturated carbocycles. The lowest BCUT2D eigenvalue weighted by molar-refractivity contribution is 0.609. The van der Waals surface area contributed by atoms with Crippen LogP contribution in [0.2, 0.25) is 0 Å². The van der Waals surface area contributed by atoms with E-state index in [4.69, 9.17) is 21.4 Å². The Bertz CT molecular complexity index is 1830. The van der Waals surface area contributed by atoms with Crippen molar-refractivity contribution in [2.24, 2.45) is 11.5 Å². The van der Waals surface area contributed by atoms with Crippen molar-refractivity contribution in [1.29, 1.82) is 0 Å². The molecule has 2 fully saturated rings. The maximum Gasteiger partial charge on any atom is 0.226 e. The Kier molecular flexibility index (Phi) is 9.82. The molecule has 0 bridgehead atoms. The first-order valence-electron chi connectivity index (χ1n) is 17.3. The molecule has 0 amide bonds. The van der Waals surface area contributed by atoms with E-state index >= 15 is 0 Å². The quantitative estimate of drug-likeness (QED) is 0.180. The van der Waals surface area contributed by atoms with E-state index in [9.17, 15) is 0 Å². The Morgan fingerprint density at radius 1 is 0.542 bits per heavy atom. The second-order valence-electron chi connectivity index (χ2n) is 12.7. The predicted molar refractivity (Wildman–Crippen MR) is 198 cm³/mol. The van der Waals surface area contributed by atoms with E-state index in [-0.39, 0.29) is 0 Å². The highest BCUT2D eigenvalue weighted by Gasteiger charge is 2.27. The van der Waals surface area contributed by atoms with Crippen LogP contribution in [0.25, 0.3) is 44.1 Å². The Morgan fingerprint density at radius 2 is 0.979 bits per heavy atom. The summed E-state index contributed by atoms with van der Waals surface area (Å²) in [6.45, 7) is 3.47. The molecule has 2 aliphatic rings. The number of fused-ring (bicyclic) bond motifs is 2. The van der Waals surface area contributed by atoms with Gasteiger partial charge in [0, 0.05) is 48.7 Å². The Balaban J connectivity index is 0.000000152. The molecule has 48 heavy (non-hydrogen) atoms. The third kappa shape index (κ3) is 7.00. The van der Waals surface area contributed by atoms with E-state index in [2.05, 4.69) is 105 Å². The predicted octanol–water partition coefficient (Wildman–Crippen LogP) is 7.23. The van der Waals surface area contributed by atoms with Crippen LogP contribution >= 0.6 is 0 Å². The van der Waals surface area contributed by atoms with Gasteiger partial charge in [0.15, 0.2) is 0 Å². The lowest BCUT2D eigenvalue weighted by atomic mass is 10.1. The van der Waals surface area contributed by atoms with Gasteiger partial charge < -0.3 is 21.3 Å².